The van der Waals surface area contributed by atoms with Gasteiger partial charge < -0.3 is 4.74 Å². The number of esters is 1. The third-order valence-corrected chi connectivity index (χ3v) is 3.89. The fraction of sp³-hybridized carbons (Fsp3) is 0.143. The molecule has 0 spiro atoms. The van der Waals surface area contributed by atoms with Gasteiger partial charge >= 0.3 is 12.1 Å². The summed E-state index contributed by atoms with van der Waals surface area (Å²) in [7, 11) is 0.978. The van der Waals surface area contributed by atoms with E-state index >= 15 is 0 Å². The lowest BCUT2D eigenvalue weighted by Crippen LogP contribution is -2.16. The van der Waals surface area contributed by atoms with Crippen molar-refractivity contribution in [2.24, 2.45) is 0 Å². The molecule has 1 heterocycles. The Hall–Kier alpha value is -1.50. The van der Waals surface area contributed by atoms with Crippen molar-refractivity contribution in [1.29, 1.82) is 0 Å². The maximum atomic E-state index is 13.1. The Bertz CT molecular complexity index is 779. The molecule has 0 amide bonds. The summed E-state index contributed by atoms with van der Waals surface area (Å²) in [5.74, 6) is -1.14. The van der Waals surface area contributed by atoms with E-state index < -0.39 is 23.4 Å². The first-order valence-electron chi connectivity index (χ1n) is 5.96. The topological polar surface area (TPSA) is 39.2 Å². The van der Waals surface area contributed by atoms with Gasteiger partial charge in [0.15, 0.2) is 5.69 Å². The summed E-state index contributed by atoms with van der Waals surface area (Å²) in [4.78, 5) is 15.0. The molecule has 0 saturated heterocycles. The molecule has 1 aromatic carbocycles. The predicted molar refractivity (Wildman–Crippen MR) is 81.0 cm³/mol. The summed E-state index contributed by atoms with van der Waals surface area (Å²) in [5, 5.41) is 0.340. The highest BCUT2D eigenvalue weighted by atomic mass is 35.5. The van der Waals surface area contributed by atoms with E-state index in [-0.39, 0.29) is 26.3 Å². The molecule has 0 N–H and O–H groups in total. The Balaban J connectivity index is 2.67. The van der Waals surface area contributed by atoms with E-state index in [4.69, 9.17) is 34.8 Å². The van der Waals surface area contributed by atoms with E-state index in [0.717, 1.165) is 13.2 Å². The van der Waals surface area contributed by atoms with Crippen LogP contribution in [0, 0.1) is 0 Å². The molecule has 0 unspecified atom stereocenters. The molecule has 122 valence electrons. The van der Waals surface area contributed by atoms with E-state index in [1.54, 1.807) is 0 Å². The number of carbonyl (C=O) groups is 1. The summed E-state index contributed by atoms with van der Waals surface area (Å²) in [6, 6.07) is 4.78. The number of methoxy groups -OCH3 is 1. The Morgan fingerprint density at radius 1 is 1.09 bits per heavy atom. The molecule has 9 heteroatoms. The number of ether oxygens (including phenoxy) is 1. The van der Waals surface area contributed by atoms with Crippen LogP contribution in [0.1, 0.15) is 16.1 Å². The zero-order valence-corrected chi connectivity index (χ0v) is 13.6. The zero-order valence-electron chi connectivity index (χ0n) is 11.3. The number of nitrogens with zero attached hydrogens (tertiary/aromatic N) is 1. The van der Waals surface area contributed by atoms with Gasteiger partial charge in [0, 0.05) is 5.56 Å². The summed E-state index contributed by atoms with van der Waals surface area (Å²) in [6.07, 6.45) is -4.85. The van der Waals surface area contributed by atoms with Crippen LogP contribution in [0.4, 0.5) is 13.2 Å². The molecule has 3 nitrogen and oxygen atoms in total. The lowest BCUT2D eigenvalue weighted by atomic mass is 10.1. The quantitative estimate of drug-likeness (QED) is 0.506. The summed E-state index contributed by atoms with van der Waals surface area (Å²) in [5.41, 5.74) is -2.01. The zero-order chi connectivity index (χ0) is 17.4. The van der Waals surface area contributed by atoms with Gasteiger partial charge in [-0.2, -0.15) is 13.2 Å². The van der Waals surface area contributed by atoms with Crippen LogP contribution in [-0.4, -0.2) is 18.1 Å². The Labute approximate surface area is 143 Å². The number of pyridine rings is 1. The van der Waals surface area contributed by atoms with Crippen LogP contribution in [0.3, 0.4) is 0 Å². The average molecular weight is 385 g/mol. The van der Waals surface area contributed by atoms with E-state index in [9.17, 15) is 18.0 Å². The number of rotatable bonds is 2. The van der Waals surface area contributed by atoms with Crippen LogP contribution in [0.5, 0.6) is 0 Å². The van der Waals surface area contributed by atoms with Crippen LogP contribution in [0.2, 0.25) is 15.1 Å². The lowest BCUT2D eigenvalue weighted by Gasteiger charge is -2.13. The molecule has 0 fully saturated rings. The first-order chi connectivity index (χ1) is 10.6. The number of carbonyl (C=O) groups excluding carboxylic acids is 1. The monoisotopic (exact) mass is 383 g/mol. The largest absolute Gasteiger partial charge is 0.465 e. The normalized spacial score (nSPS) is 11.4. The number of alkyl halides is 3. The summed E-state index contributed by atoms with van der Waals surface area (Å²) >= 11 is 17.6. The van der Waals surface area contributed by atoms with Crippen LogP contribution < -0.4 is 0 Å². The van der Waals surface area contributed by atoms with Crippen LogP contribution in [0.15, 0.2) is 24.3 Å². The maximum Gasteiger partial charge on any atom is 0.434 e. The summed E-state index contributed by atoms with van der Waals surface area (Å²) in [6.45, 7) is 0. The van der Waals surface area contributed by atoms with E-state index in [0.29, 0.717) is 0 Å². The molecule has 1 aromatic heterocycles. The van der Waals surface area contributed by atoms with Crippen molar-refractivity contribution >= 4 is 40.8 Å². The molecular formula is C14H7Cl3F3NO2. The summed E-state index contributed by atoms with van der Waals surface area (Å²) < 4.78 is 43.7. The van der Waals surface area contributed by atoms with Crippen molar-refractivity contribution in [2.45, 2.75) is 6.18 Å². The van der Waals surface area contributed by atoms with Gasteiger partial charge in [-0.25, -0.2) is 9.78 Å². The SMILES string of the molecule is COC(=O)c1ccc(-c2cc(Cl)c(Cl)cc2Cl)nc1C(F)(F)F. The number of benzene rings is 1. The number of hydrogen-bond donors (Lipinski definition) is 0. The van der Waals surface area contributed by atoms with Crippen molar-refractivity contribution < 1.29 is 22.7 Å². The minimum atomic E-state index is -4.85. The van der Waals surface area contributed by atoms with Crippen molar-refractivity contribution in [3.63, 3.8) is 0 Å². The van der Waals surface area contributed by atoms with Crippen LogP contribution in [0.25, 0.3) is 11.3 Å². The minimum Gasteiger partial charge on any atom is -0.465 e. The first kappa shape index (κ1) is 17.8. The third kappa shape index (κ3) is 3.71. The van der Waals surface area contributed by atoms with Gasteiger partial charge in [0.1, 0.15) is 0 Å². The van der Waals surface area contributed by atoms with Crippen molar-refractivity contribution in [3.05, 3.63) is 50.6 Å². The van der Waals surface area contributed by atoms with Gasteiger partial charge in [-0.15, -0.1) is 0 Å². The molecule has 2 rings (SSSR count). The lowest BCUT2D eigenvalue weighted by molar-refractivity contribution is -0.141. The highest BCUT2D eigenvalue weighted by Crippen LogP contribution is 2.37. The van der Waals surface area contributed by atoms with Gasteiger partial charge in [-0.3, -0.25) is 0 Å². The van der Waals surface area contributed by atoms with Crippen molar-refractivity contribution in [3.8, 4) is 11.3 Å². The second kappa shape index (κ2) is 6.55. The standard InChI is InChI=1S/C14H7Cl3F3NO2/c1-23-13(22)6-2-3-11(21-12(6)14(18,19)20)7-4-9(16)10(17)5-8(7)15/h2-5H,1H3. The van der Waals surface area contributed by atoms with Crippen molar-refractivity contribution in [1.82, 2.24) is 4.98 Å². The van der Waals surface area contributed by atoms with Gasteiger partial charge in [-0.1, -0.05) is 34.8 Å². The number of halogens is 6. The molecule has 0 atom stereocenters. The number of aromatic nitrogens is 1. The minimum absolute atomic E-state index is 0.0749. The van der Waals surface area contributed by atoms with Gasteiger partial charge in [-0.05, 0) is 24.3 Å². The molecule has 0 radical (unpaired) electrons. The molecule has 0 aliphatic rings. The van der Waals surface area contributed by atoms with Gasteiger partial charge in [0.05, 0.1) is 33.4 Å². The Morgan fingerprint density at radius 3 is 2.26 bits per heavy atom. The third-order valence-electron chi connectivity index (χ3n) is 2.85. The second-order valence-electron chi connectivity index (χ2n) is 4.33. The fourth-order valence-electron chi connectivity index (χ4n) is 1.82. The molecule has 0 saturated carbocycles. The van der Waals surface area contributed by atoms with Crippen molar-refractivity contribution in [2.75, 3.05) is 7.11 Å². The first-order valence-corrected chi connectivity index (χ1v) is 7.10. The second-order valence-corrected chi connectivity index (χ2v) is 5.55. The van der Waals surface area contributed by atoms with Crippen LogP contribution >= 0.6 is 34.8 Å². The maximum absolute atomic E-state index is 13.1. The molecule has 2 aromatic rings. The molecule has 0 aliphatic heterocycles. The molecule has 0 bridgehead atoms. The van der Waals surface area contributed by atoms with E-state index in [1.807, 2.05) is 0 Å². The highest BCUT2D eigenvalue weighted by Gasteiger charge is 2.38. The predicted octanol–water partition coefficient (Wildman–Crippen LogP) is 5.51. The smallest absolute Gasteiger partial charge is 0.434 e. The van der Waals surface area contributed by atoms with Gasteiger partial charge in [0.25, 0.3) is 0 Å². The molecule has 23 heavy (non-hydrogen) atoms. The molecular weight excluding hydrogens is 378 g/mol. The Kier molecular flexibility index (Phi) is 5.08. The fourth-order valence-corrected chi connectivity index (χ4v) is 2.46. The number of hydrogen-bond acceptors (Lipinski definition) is 3. The molecule has 0 aliphatic carbocycles. The van der Waals surface area contributed by atoms with E-state index in [2.05, 4.69) is 9.72 Å². The highest BCUT2D eigenvalue weighted by molar-refractivity contribution is 6.44. The Morgan fingerprint density at radius 2 is 1.70 bits per heavy atom. The van der Waals surface area contributed by atoms with E-state index in [1.165, 1.54) is 18.2 Å². The van der Waals surface area contributed by atoms with Crippen LogP contribution in [-0.2, 0) is 10.9 Å². The van der Waals surface area contributed by atoms with Gasteiger partial charge in [0.2, 0.25) is 0 Å². The average Bonchev–Trinajstić information content (AvgIpc) is 2.48.